The molecule has 1 N–H and O–H groups in total. The van der Waals surface area contributed by atoms with Crippen molar-refractivity contribution in [1.82, 2.24) is 4.31 Å². The number of rotatable bonds is 5. The second-order valence-electron chi connectivity index (χ2n) is 6.77. The van der Waals surface area contributed by atoms with Crippen LogP contribution in [0.1, 0.15) is 18.4 Å². The minimum Gasteiger partial charge on any atom is -0.326 e. The van der Waals surface area contributed by atoms with Gasteiger partial charge in [0.1, 0.15) is 0 Å². The van der Waals surface area contributed by atoms with Gasteiger partial charge in [-0.05, 0) is 37.1 Å². The number of nitrogens with one attached hydrogen (secondary N) is 1. The second-order valence-corrected chi connectivity index (χ2v) is 9.56. The number of anilines is 1. The standard InChI is InChI=1S/C19H18Cl2F2N2O3S/c20-15-4-1-5-16(21)14(15)11-29(27,28)25-8-2-3-12(10-25)19(26)24-13-6-7-17(22)18(23)9-13/h1,4-7,9,12H,2-3,8,10-11H2,(H,24,26)/t12-/m0/s1. The van der Waals surface area contributed by atoms with Crippen molar-refractivity contribution in [2.45, 2.75) is 18.6 Å². The maximum atomic E-state index is 13.3. The van der Waals surface area contributed by atoms with E-state index in [-0.39, 0.29) is 34.6 Å². The lowest BCUT2D eigenvalue weighted by Gasteiger charge is -2.31. The normalized spacial score (nSPS) is 17.9. The third-order valence-electron chi connectivity index (χ3n) is 4.72. The summed E-state index contributed by atoms with van der Waals surface area (Å²) in [5, 5.41) is 3.02. The average molecular weight is 463 g/mol. The summed E-state index contributed by atoms with van der Waals surface area (Å²) in [5.41, 5.74) is 0.418. The fraction of sp³-hybridized carbons (Fsp3) is 0.316. The number of hydrogen-bond acceptors (Lipinski definition) is 3. The number of benzene rings is 2. The van der Waals surface area contributed by atoms with Crippen LogP contribution in [0.15, 0.2) is 36.4 Å². The van der Waals surface area contributed by atoms with Gasteiger partial charge < -0.3 is 5.32 Å². The fourth-order valence-corrected chi connectivity index (χ4v) is 5.53. The van der Waals surface area contributed by atoms with E-state index in [1.165, 1.54) is 10.4 Å². The Morgan fingerprint density at radius 2 is 1.83 bits per heavy atom. The van der Waals surface area contributed by atoms with E-state index < -0.39 is 33.5 Å². The molecule has 156 valence electrons. The molecule has 3 rings (SSSR count). The summed E-state index contributed by atoms with van der Waals surface area (Å²) in [4.78, 5) is 12.5. The maximum Gasteiger partial charge on any atom is 0.228 e. The van der Waals surface area contributed by atoms with E-state index in [2.05, 4.69) is 5.32 Å². The Kier molecular flexibility index (Phi) is 6.78. The zero-order valence-electron chi connectivity index (χ0n) is 15.2. The van der Waals surface area contributed by atoms with Gasteiger partial charge >= 0.3 is 0 Å². The van der Waals surface area contributed by atoms with E-state index in [1.807, 2.05) is 0 Å². The van der Waals surface area contributed by atoms with Crippen LogP contribution in [0.25, 0.3) is 0 Å². The van der Waals surface area contributed by atoms with Gasteiger partial charge in [-0.3, -0.25) is 4.79 Å². The third kappa shape index (κ3) is 5.25. The minimum atomic E-state index is -3.76. The highest BCUT2D eigenvalue weighted by Crippen LogP contribution is 2.29. The number of piperidine rings is 1. The number of nitrogens with zero attached hydrogens (tertiary/aromatic N) is 1. The van der Waals surface area contributed by atoms with E-state index in [0.717, 1.165) is 12.1 Å². The van der Waals surface area contributed by atoms with Crippen LogP contribution in [0.3, 0.4) is 0 Å². The van der Waals surface area contributed by atoms with Crippen LogP contribution in [0.2, 0.25) is 10.0 Å². The van der Waals surface area contributed by atoms with Gasteiger partial charge in [-0.2, -0.15) is 0 Å². The molecule has 1 saturated heterocycles. The highest BCUT2D eigenvalue weighted by molar-refractivity contribution is 7.88. The zero-order chi connectivity index (χ0) is 21.2. The van der Waals surface area contributed by atoms with Crippen molar-refractivity contribution in [3.8, 4) is 0 Å². The molecule has 0 spiro atoms. The molecule has 1 aliphatic heterocycles. The van der Waals surface area contributed by atoms with Gasteiger partial charge in [-0.15, -0.1) is 0 Å². The molecule has 0 radical (unpaired) electrons. The van der Waals surface area contributed by atoms with Crippen LogP contribution in [-0.2, 0) is 20.6 Å². The molecule has 1 amide bonds. The monoisotopic (exact) mass is 462 g/mol. The Hall–Kier alpha value is -1.74. The number of carbonyl (C=O) groups excluding carboxylic acids is 1. The number of amides is 1. The Bertz CT molecular complexity index is 1010. The molecule has 29 heavy (non-hydrogen) atoms. The summed E-state index contributed by atoms with van der Waals surface area (Å²) in [6.45, 7) is 0.263. The van der Waals surface area contributed by atoms with Gasteiger partial charge in [-0.25, -0.2) is 21.5 Å². The van der Waals surface area contributed by atoms with Crippen molar-refractivity contribution in [2.24, 2.45) is 5.92 Å². The predicted molar refractivity (Wildman–Crippen MR) is 108 cm³/mol. The molecule has 0 saturated carbocycles. The predicted octanol–water partition coefficient (Wildman–Crippen LogP) is 4.45. The molecule has 1 fully saturated rings. The first-order chi connectivity index (χ1) is 13.7. The quantitative estimate of drug-likeness (QED) is 0.713. The highest BCUT2D eigenvalue weighted by atomic mass is 35.5. The summed E-state index contributed by atoms with van der Waals surface area (Å²) in [6, 6.07) is 7.78. The number of carbonyl (C=O) groups is 1. The summed E-state index contributed by atoms with van der Waals surface area (Å²) in [7, 11) is -3.76. The Labute approximate surface area is 177 Å². The number of hydrogen-bond donors (Lipinski definition) is 1. The molecule has 0 bridgehead atoms. The molecule has 1 atom stereocenters. The second kappa shape index (κ2) is 8.95. The van der Waals surface area contributed by atoms with Gasteiger partial charge in [0.15, 0.2) is 11.6 Å². The number of sulfonamides is 1. The van der Waals surface area contributed by atoms with Crippen LogP contribution < -0.4 is 5.32 Å². The summed E-state index contributed by atoms with van der Waals surface area (Å²) < 4.78 is 53.3. The SMILES string of the molecule is O=C(Nc1ccc(F)c(F)c1)[C@H]1CCCN(S(=O)(=O)Cc2c(Cl)cccc2Cl)C1. The summed E-state index contributed by atoms with van der Waals surface area (Å²) in [6.07, 6.45) is 0.972. The number of halogens is 4. The van der Waals surface area contributed by atoms with Crippen LogP contribution in [0.5, 0.6) is 0 Å². The van der Waals surface area contributed by atoms with Crippen LogP contribution in [0, 0.1) is 17.6 Å². The van der Waals surface area contributed by atoms with Gasteiger partial charge in [0.05, 0.1) is 11.7 Å². The van der Waals surface area contributed by atoms with Crippen LogP contribution in [-0.4, -0.2) is 31.7 Å². The molecular formula is C19H18Cl2F2N2O3S. The largest absolute Gasteiger partial charge is 0.326 e. The molecule has 1 aliphatic rings. The van der Waals surface area contributed by atoms with Crippen LogP contribution in [0.4, 0.5) is 14.5 Å². The first-order valence-electron chi connectivity index (χ1n) is 8.84. The highest BCUT2D eigenvalue weighted by Gasteiger charge is 2.33. The smallest absolute Gasteiger partial charge is 0.228 e. The van der Waals surface area contributed by atoms with E-state index in [0.29, 0.717) is 18.4 Å². The molecule has 10 heteroatoms. The van der Waals surface area contributed by atoms with Crippen molar-refractivity contribution < 1.29 is 22.0 Å². The summed E-state index contributed by atoms with van der Waals surface area (Å²) >= 11 is 12.2. The Balaban J connectivity index is 1.70. The van der Waals surface area contributed by atoms with Gasteiger partial charge in [0, 0.05) is 40.5 Å². The Morgan fingerprint density at radius 3 is 2.48 bits per heavy atom. The van der Waals surface area contributed by atoms with Crippen molar-refractivity contribution in [1.29, 1.82) is 0 Å². The first-order valence-corrected chi connectivity index (χ1v) is 11.2. The lowest BCUT2D eigenvalue weighted by molar-refractivity contribution is -0.120. The van der Waals surface area contributed by atoms with E-state index >= 15 is 0 Å². The lowest BCUT2D eigenvalue weighted by atomic mass is 9.98. The molecule has 2 aromatic rings. The van der Waals surface area contributed by atoms with Crippen molar-refractivity contribution in [3.63, 3.8) is 0 Å². The molecule has 0 aromatic heterocycles. The Morgan fingerprint density at radius 1 is 1.14 bits per heavy atom. The maximum absolute atomic E-state index is 13.3. The topological polar surface area (TPSA) is 66.5 Å². The van der Waals surface area contributed by atoms with E-state index in [1.54, 1.807) is 18.2 Å². The van der Waals surface area contributed by atoms with Crippen LogP contribution >= 0.6 is 23.2 Å². The lowest BCUT2D eigenvalue weighted by Crippen LogP contribution is -2.44. The average Bonchev–Trinajstić information content (AvgIpc) is 2.68. The molecule has 0 unspecified atom stereocenters. The molecule has 1 heterocycles. The third-order valence-corrected chi connectivity index (χ3v) is 7.20. The van der Waals surface area contributed by atoms with E-state index in [4.69, 9.17) is 23.2 Å². The molecule has 2 aromatic carbocycles. The van der Waals surface area contributed by atoms with Crippen molar-refractivity contribution >= 4 is 44.8 Å². The van der Waals surface area contributed by atoms with Gasteiger partial charge in [-0.1, -0.05) is 29.3 Å². The first kappa shape index (κ1) is 22.0. The van der Waals surface area contributed by atoms with Crippen molar-refractivity contribution in [3.05, 3.63) is 63.6 Å². The molecule has 5 nitrogen and oxygen atoms in total. The van der Waals surface area contributed by atoms with Gasteiger partial charge in [0.2, 0.25) is 15.9 Å². The molecule has 0 aliphatic carbocycles. The zero-order valence-corrected chi connectivity index (χ0v) is 17.5. The molecular weight excluding hydrogens is 445 g/mol. The summed E-state index contributed by atoms with van der Waals surface area (Å²) in [5.74, 6) is -3.54. The van der Waals surface area contributed by atoms with Crippen molar-refractivity contribution in [2.75, 3.05) is 18.4 Å². The van der Waals surface area contributed by atoms with E-state index in [9.17, 15) is 22.0 Å². The van der Waals surface area contributed by atoms with Gasteiger partial charge in [0.25, 0.3) is 0 Å². The minimum absolute atomic E-state index is 0.0140. The fourth-order valence-electron chi connectivity index (χ4n) is 3.17.